The van der Waals surface area contributed by atoms with Crippen LogP contribution in [0.15, 0.2) is 4.21 Å². The number of thiophene rings is 1. The van der Waals surface area contributed by atoms with E-state index >= 15 is 0 Å². The number of nitrogens with zero attached hydrogens (tertiary/aromatic N) is 1. The van der Waals surface area contributed by atoms with Crippen LogP contribution in [0.4, 0.5) is 0 Å². The van der Waals surface area contributed by atoms with E-state index < -0.39 is 16.0 Å². The van der Waals surface area contributed by atoms with Gasteiger partial charge >= 0.3 is 5.97 Å². The van der Waals surface area contributed by atoms with Gasteiger partial charge in [0.2, 0.25) is 0 Å². The third-order valence-corrected chi connectivity index (χ3v) is 7.83. The van der Waals surface area contributed by atoms with E-state index in [-0.39, 0.29) is 42.2 Å². The molecule has 0 radical (unpaired) electrons. The van der Waals surface area contributed by atoms with Crippen LogP contribution in [-0.4, -0.2) is 67.9 Å². The van der Waals surface area contributed by atoms with E-state index in [4.69, 9.17) is 9.84 Å². The molecule has 0 amide bonds. The van der Waals surface area contributed by atoms with Gasteiger partial charge in [-0.2, -0.15) is 4.31 Å². The van der Waals surface area contributed by atoms with Crippen LogP contribution in [0.3, 0.4) is 0 Å². The Labute approximate surface area is 144 Å². The zero-order valence-electron chi connectivity index (χ0n) is 13.0. The van der Waals surface area contributed by atoms with Crippen molar-refractivity contribution in [1.29, 1.82) is 0 Å². The van der Waals surface area contributed by atoms with Crippen molar-refractivity contribution < 1.29 is 28.2 Å². The van der Waals surface area contributed by atoms with Crippen molar-refractivity contribution in [3.63, 3.8) is 0 Å². The molecule has 0 unspecified atom stereocenters. The number of aliphatic hydroxyl groups is 1. The lowest BCUT2D eigenvalue weighted by Gasteiger charge is -2.31. The van der Waals surface area contributed by atoms with Crippen LogP contribution in [-0.2, 0) is 27.7 Å². The average molecular weight is 376 g/mol. The molecule has 3 N–H and O–H groups in total. The fraction of sp³-hybridized carbons (Fsp3) is 0.643. The van der Waals surface area contributed by atoms with Crippen LogP contribution in [0.5, 0.6) is 0 Å². The molecule has 1 aromatic heterocycles. The molecule has 0 aliphatic carbocycles. The predicted octanol–water partition coefficient (Wildman–Crippen LogP) is -0.136. The summed E-state index contributed by atoms with van der Waals surface area (Å²) >= 11 is 1.04. The van der Waals surface area contributed by atoms with Crippen molar-refractivity contribution in [2.75, 3.05) is 32.8 Å². The molecule has 0 spiro atoms. The summed E-state index contributed by atoms with van der Waals surface area (Å²) < 4.78 is 32.7. The fourth-order valence-electron chi connectivity index (χ4n) is 3.05. The van der Waals surface area contributed by atoms with Gasteiger partial charge in [0.1, 0.15) is 4.21 Å². The Morgan fingerprint density at radius 3 is 2.96 bits per heavy atom. The Morgan fingerprint density at radius 2 is 2.25 bits per heavy atom. The minimum atomic E-state index is -3.90. The minimum absolute atomic E-state index is 0.0818. The van der Waals surface area contributed by atoms with Crippen molar-refractivity contribution in [2.45, 2.75) is 29.7 Å². The number of aliphatic hydroxyl groups excluding tert-OH is 1. The van der Waals surface area contributed by atoms with Crippen LogP contribution in [0.25, 0.3) is 0 Å². The SMILES string of the molecule is O=C(O)c1c(S(=O)(=O)N2CCO[C@@H](CCO)C2)sc2c1CCNC2. The molecule has 2 aliphatic rings. The Balaban J connectivity index is 1.98. The maximum Gasteiger partial charge on any atom is 0.338 e. The topological polar surface area (TPSA) is 116 Å². The van der Waals surface area contributed by atoms with Gasteiger partial charge in [0, 0.05) is 31.1 Å². The number of hydrogen-bond donors (Lipinski definition) is 3. The number of sulfonamides is 1. The Bertz CT molecular complexity index is 728. The van der Waals surface area contributed by atoms with Gasteiger partial charge in [-0.25, -0.2) is 13.2 Å². The first-order chi connectivity index (χ1) is 11.4. The fourth-order valence-corrected chi connectivity index (χ4v) is 6.51. The molecule has 134 valence electrons. The second-order valence-electron chi connectivity index (χ2n) is 5.77. The molecular formula is C14H20N2O6S2. The third kappa shape index (κ3) is 3.22. The van der Waals surface area contributed by atoms with Crippen molar-refractivity contribution in [2.24, 2.45) is 0 Å². The highest BCUT2D eigenvalue weighted by Crippen LogP contribution is 2.36. The molecule has 0 saturated carbocycles. The lowest BCUT2D eigenvalue weighted by atomic mass is 10.1. The Hall–Kier alpha value is -1.04. The van der Waals surface area contributed by atoms with Gasteiger partial charge in [0.15, 0.2) is 0 Å². The summed E-state index contributed by atoms with van der Waals surface area (Å²) in [7, 11) is -3.90. The van der Waals surface area contributed by atoms with E-state index in [0.29, 0.717) is 31.5 Å². The molecule has 1 saturated heterocycles. The molecule has 10 heteroatoms. The molecule has 8 nitrogen and oxygen atoms in total. The highest BCUT2D eigenvalue weighted by molar-refractivity contribution is 7.91. The van der Waals surface area contributed by atoms with E-state index in [1.807, 2.05) is 0 Å². The number of aromatic carboxylic acids is 1. The van der Waals surface area contributed by atoms with Crippen molar-refractivity contribution >= 4 is 27.3 Å². The lowest BCUT2D eigenvalue weighted by Crippen LogP contribution is -2.45. The lowest BCUT2D eigenvalue weighted by molar-refractivity contribution is -0.0132. The molecular weight excluding hydrogens is 356 g/mol. The highest BCUT2D eigenvalue weighted by atomic mass is 32.2. The number of nitrogens with one attached hydrogen (secondary N) is 1. The van der Waals surface area contributed by atoms with Crippen LogP contribution in [0, 0.1) is 0 Å². The Morgan fingerprint density at radius 1 is 1.46 bits per heavy atom. The summed E-state index contributed by atoms with van der Waals surface area (Å²) in [6.45, 7) is 1.59. The molecule has 3 heterocycles. The number of hydrogen-bond acceptors (Lipinski definition) is 7. The number of morpholine rings is 1. The number of ether oxygens (including phenoxy) is 1. The molecule has 3 rings (SSSR count). The summed E-state index contributed by atoms with van der Waals surface area (Å²) in [5.41, 5.74) is 0.548. The van der Waals surface area contributed by atoms with Gasteiger partial charge in [-0.05, 0) is 24.9 Å². The van der Waals surface area contributed by atoms with Gasteiger partial charge in [-0.15, -0.1) is 11.3 Å². The van der Waals surface area contributed by atoms with Crippen molar-refractivity contribution in [3.8, 4) is 0 Å². The monoisotopic (exact) mass is 376 g/mol. The van der Waals surface area contributed by atoms with E-state index in [1.165, 1.54) is 4.31 Å². The van der Waals surface area contributed by atoms with Crippen LogP contribution >= 0.6 is 11.3 Å². The normalized spacial score (nSPS) is 22.3. The van der Waals surface area contributed by atoms with Gasteiger partial charge in [0.25, 0.3) is 10.0 Å². The third-order valence-electron chi connectivity index (χ3n) is 4.24. The second kappa shape index (κ2) is 7.06. The standard InChI is InChI=1S/C14H20N2O6S2/c17-5-2-9-8-16(4-6-22-9)24(20,21)14-12(13(18)19)10-1-3-15-7-11(10)23-14/h9,15,17H,1-8H2,(H,18,19)/t9-/m0/s1. The van der Waals surface area contributed by atoms with Gasteiger partial charge in [0.05, 0.1) is 18.3 Å². The first kappa shape index (κ1) is 17.8. The summed E-state index contributed by atoms with van der Waals surface area (Å²) in [5, 5.41) is 21.7. The number of rotatable bonds is 5. The maximum absolute atomic E-state index is 13.0. The number of carboxylic acids is 1. The first-order valence-corrected chi connectivity index (χ1v) is 10.0. The zero-order chi connectivity index (χ0) is 17.3. The summed E-state index contributed by atoms with van der Waals surface area (Å²) in [4.78, 5) is 12.5. The number of carboxylic acid groups (broad SMARTS) is 1. The van der Waals surface area contributed by atoms with Gasteiger partial charge < -0.3 is 20.3 Å². The number of fused-ring (bicyclic) bond motifs is 1. The summed E-state index contributed by atoms with van der Waals surface area (Å²) in [5.74, 6) is -1.20. The van der Waals surface area contributed by atoms with E-state index in [0.717, 1.165) is 16.2 Å². The maximum atomic E-state index is 13.0. The molecule has 0 aromatic carbocycles. The number of carbonyl (C=O) groups is 1. The summed E-state index contributed by atoms with van der Waals surface area (Å²) in [6, 6.07) is 0. The highest BCUT2D eigenvalue weighted by Gasteiger charge is 2.37. The smallest absolute Gasteiger partial charge is 0.338 e. The van der Waals surface area contributed by atoms with Crippen molar-refractivity contribution in [3.05, 3.63) is 16.0 Å². The molecule has 1 atom stereocenters. The summed E-state index contributed by atoms with van der Waals surface area (Å²) in [6.07, 6.45) is 0.491. The van der Waals surface area contributed by atoms with E-state index in [2.05, 4.69) is 5.32 Å². The van der Waals surface area contributed by atoms with E-state index in [1.54, 1.807) is 0 Å². The van der Waals surface area contributed by atoms with E-state index in [9.17, 15) is 18.3 Å². The van der Waals surface area contributed by atoms with Gasteiger partial charge in [-0.1, -0.05) is 0 Å². The minimum Gasteiger partial charge on any atom is -0.478 e. The Kier molecular flexibility index (Phi) is 5.23. The van der Waals surface area contributed by atoms with Crippen LogP contribution in [0.2, 0.25) is 0 Å². The first-order valence-electron chi connectivity index (χ1n) is 7.76. The molecule has 0 bridgehead atoms. The largest absolute Gasteiger partial charge is 0.478 e. The molecule has 1 aromatic rings. The van der Waals surface area contributed by atoms with Crippen molar-refractivity contribution in [1.82, 2.24) is 9.62 Å². The molecule has 1 fully saturated rings. The quantitative estimate of drug-likeness (QED) is 0.655. The van der Waals surface area contributed by atoms with Crippen LogP contribution < -0.4 is 5.32 Å². The second-order valence-corrected chi connectivity index (χ2v) is 9.00. The average Bonchev–Trinajstić information content (AvgIpc) is 2.96. The zero-order valence-corrected chi connectivity index (χ0v) is 14.7. The van der Waals surface area contributed by atoms with Crippen LogP contribution in [0.1, 0.15) is 27.2 Å². The molecule has 2 aliphatic heterocycles. The van der Waals surface area contributed by atoms with Gasteiger partial charge in [-0.3, -0.25) is 0 Å². The predicted molar refractivity (Wildman–Crippen MR) is 86.9 cm³/mol. The molecule has 24 heavy (non-hydrogen) atoms.